The van der Waals surface area contributed by atoms with Gasteiger partial charge < -0.3 is 4.74 Å². The molecular weight excluding hydrogens is 376 g/mol. The summed E-state index contributed by atoms with van der Waals surface area (Å²) < 4.78 is 6.08. The molecule has 0 saturated carbocycles. The molecule has 0 unspecified atom stereocenters. The summed E-state index contributed by atoms with van der Waals surface area (Å²) in [5, 5.41) is 13.0. The van der Waals surface area contributed by atoms with Crippen LogP contribution in [0.2, 0.25) is 0 Å². The standard InChI is InChI=1S/C25H20N2O3/c1-18-6-11-21(12-7-18)26-16-24-23-5-3-2-4-20(23)10-15-25(24)30-17-19-8-13-22(14-9-19)27(28)29/h2-16H,17H2,1H3. The molecule has 5 nitrogen and oxygen atoms in total. The summed E-state index contributed by atoms with van der Waals surface area (Å²) in [5.74, 6) is 0.711. The highest BCUT2D eigenvalue weighted by Crippen LogP contribution is 2.28. The van der Waals surface area contributed by atoms with E-state index >= 15 is 0 Å². The van der Waals surface area contributed by atoms with E-state index in [0.29, 0.717) is 12.4 Å². The molecule has 0 amide bonds. The molecule has 0 aliphatic carbocycles. The minimum Gasteiger partial charge on any atom is -0.488 e. The Hall–Kier alpha value is -3.99. The van der Waals surface area contributed by atoms with Crippen molar-refractivity contribution in [1.29, 1.82) is 0 Å². The second-order valence-corrected chi connectivity index (χ2v) is 7.00. The Morgan fingerprint density at radius 2 is 1.67 bits per heavy atom. The SMILES string of the molecule is Cc1ccc(N=Cc2c(OCc3ccc([N+](=O)[O-])cc3)ccc3ccccc23)cc1. The van der Waals surface area contributed by atoms with Crippen LogP contribution in [0.5, 0.6) is 5.75 Å². The van der Waals surface area contributed by atoms with E-state index in [1.807, 2.05) is 67.7 Å². The van der Waals surface area contributed by atoms with Crippen LogP contribution >= 0.6 is 0 Å². The summed E-state index contributed by atoms with van der Waals surface area (Å²) in [6.45, 7) is 2.35. The van der Waals surface area contributed by atoms with Gasteiger partial charge in [0.15, 0.2) is 0 Å². The number of fused-ring (bicyclic) bond motifs is 1. The van der Waals surface area contributed by atoms with Gasteiger partial charge in [-0.05, 0) is 53.6 Å². The first-order chi connectivity index (χ1) is 14.6. The first-order valence-corrected chi connectivity index (χ1v) is 9.59. The maximum absolute atomic E-state index is 10.8. The van der Waals surface area contributed by atoms with Gasteiger partial charge in [-0.3, -0.25) is 15.1 Å². The van der Waals surface area contributed by atoms with Gasteiger partial charge in [0, 0.05) is 23.9 Å². The molecule has 4 aromatic carbocycles. The average Bonchev–Trinajstić information content (AvgIpc) is 2.77. The first kappa shape index (κ1) is 19.3. The number of nitro benzene ring substituents is 1. The van der Waals surface area contributed by atoms with E-state index in [1.165, 1.54) is 17.7 Å². The lowest BCUT2D eigenvalue weighted by atomic mass is 10.0. The molecule has 0 spiro atoms. The quantitative estimate of drug-likeness (QED) is 0.216. The third-order valence-electron chi connectivity index (χ3n) is 4.85. The van der Waals surface area contributed by atoms with Gasteiger partial charge in [-0.15, -0.1) is 0 Å². The van der Waals surface area contributed by atoms with Crippen LogP contribution in [0.1, 0.15) is 16.7 Å². The highest BCUT2D eigenvalue weighted by Gasteiger charge is 2.09. The Labute approximate surface area is 174 Å². The van der Waals surface area contributed by atoms with E-state index in [9.17, 15) is 10.1 Å². The lowest BCUT2D eigenvalue weighted by Gasteiger charge is -2.12. The molecule has 0 N–H and O–H groups in total. The second kappa shape index (κ2) is 8.57. The number of nitro groups is 1. The average molecular weight is 396 g/mol. The minimum atomic E-state index is -0.409. The van der Waals surface area contributed by atoms with E-state index in [4.69, 9.17) is 4.74 Å². The molecule has 0 saturated heterocycles. The van der Waals surface area contributed by atoms with Gasteiger partial charge in [-0.25, -0.2) is 0 Å². The van der Waals surface area contributed by atoms with Gasteiger partial charge in [-0.2, -0.15) is 0 Å². The van der Waals surface area contributed by atoms with Crippen LogP contribution in [0, 0.1) is 17.0 Å². The highest BCUT2D eigenvalue weighted by molar-refractivity contribution is 6.03. The van der Waals surface area contributed by atoms with Gasteiger partial charge in [0.1, 0.15) is 12.4 Å². The summed E-state index contributed by atoms with van der Waals surface area (Å²) >= 11 is 0. The second-order valence-electron chi connectivity index (χ2n) is 7.00. The van der Waals surface area contributed by atoms with Gasteiger partial charge in [-0.1, -0.05) is 48.0 Å². The molecule has 0 aliphatic heterocycles. The Morgan fingerprint density at radius 1 is 0.933 bits per heavy atom. The number of non-ortho nitro benzene ring substituents is 1. The summed E-state index contributed by atoms with van der Waals surface area (Å²) in [6.07, 6.45) is 1.83. The van der Waals surface area contributed by atoms with E-state index in [1.54, 1.807) is 12.1 Å². The van der Waals surface area contributed by atoms with Gasteiger partial charge in [0.05, 0.1) is 10.6 Å². The van der Waals surface area contributed by atoms with E-state index in [0.717, 1.165) is 27.6 Å². The van der Waals surface area contributed by atoms with Crippen molar-refractivity contribution in [2.75, 3.05) is 0 Å². The smallest absolute Gasteiger partial charge is 0.269 e. The fourth-order valence-electron chi connectivity index (χ4n) is 3.18. The van der Waals surface area contributed by atoms with Crippen molar-refractivity contribution in [2.45, 2.75) is 13.5 Å². The summed E-state index contributed by atoms with van der Waals surface area (Å²) in [7, 11) is 0. The number of ether oxygens (including phenoxy) is 1. The van der Waals surface area contributed by atoms with Crippen LogP contribution in [0.3, 0.4) is 0 Å². The number of nitrogens with zero attached hydrogens (tertiary/aromatic N) is 2. The number of benzene rings is 4. The zero-order valence-electron chi connectivity index (χ0n) is 16.5. The molecule has 0 atom stereocenters. The predicted octanol–water partition coefficient (Wildman–Crippen LogP) is 6.39. The zero-order chi connectivity index (χ0) is 20.9. The molecule has 0 aliphatic rings. The maximum Gasteiger partial charge on any atom is 0.269 e. The summed E-state index contributed by atoms with van der Waals surface area (Å²) in [6, 6.07) is 26.5. The van der Waals surface area contributed by atoms with Crippen LogP contribution in [0.25, 0.3) is 10.8 Å². The van der Waals surface area contributed by atoms with Crippen molar-refractivity contribution in [3.8, 4) is 5.75 Å². The third kappa shape index (κ3) is 4.36. The number of aryl methyl sites for hydroxylation is 1. The monoisotopic (exact) mass is 396 g/mol. The molecule has 0 heterocycles. The van der Waals surface area contributed by atoms with Crippen LogP contribution in [-0.2, 0) is 6.61 Å². The lowest BCUT2D eigenvalue weighted by molar-refractivity contribution is -0.384. The Balaban J connectivity index is 1.64. The van der Waals surface area contributed by atoms with Crippen molar-refractivity contribution in [3.05, 3.63) is 112 Å². The number of rotatable bonds is 6. The van der Waals surface area contributed by atoms with Crippen LogP contribution in [-0.4, -0.2) is 11.1 Å². The zero-order valence-corrected chi connectivity index (χ0v) is 16.5. The molecule has 4 rings (SSSR count). The molecule has 148 valence electrons. The molecule has 0 fully saturated rings. The normalized spacial score (nSPS) is 11.1. The van der Waals surface area contributed by atoms with E-state index in [2.05, 4.69) is 11.1 Å². The van der Waals surface area contributed by atoms with Gasteiger partial charge in [0.2, 0.25) is 0 Å². The van der Waals surface area contributed by atoms with Crippen LogP contribution in [0.4, 0.5) is 11.4 Å². The molecule has 0 bridgehead atoms. The fourth-order valence-corrected chi connectivity index (χ4v) is 3.18. The topological polar surface area (TPSA) is 64.7 Å². The van der Waals surface area contributed by atoms with Gasteiger partial charge in [0.25, 0.3) is 5.69 Å². The van der Waals surface area contributed by atoms with Crippen molar-refractivity contribution >= 4 is 28.4 Å². The Morgan fingerprint density at radius 3 is 2.40 bits per heavy atom. The Kier molecular flexibility index (Phi) is 5.52. The molecule has 4 aromatic rings. The number of hydrogen-bond donors (Lipinski definition) is 0. The third-order valence-corrected chi connectivity index (χ3v) is 4.85. The molecule has 5 heteroatoms. The minimum absolute atomic E-state index is 0.0652. The first-order valence-electron chi connectivity index (χ1n) is 9.59. The number of aliphatic imine (C=N–C) groups is 1. The van der Waals surface area contributed by atoms with Crippen LogP contribution in [0.15, 0.2) is 89.9 Å². The van der Waals surface area contributed by atoms with Crippen LogP contribution < -0.4 is 4.74 Å². The summed E-state index contributed by atoms with van der Waals surface area (Å²) in [4.78, 5) is 15.1. The van der Waals surface area contributed by atoms with Crippen molar-refractivity contribution in [2.24, 2.45) is 4.99 Å². The largest absolute Gasteiger partial charge is 0.488 e. The number of hydrogen-bond acceptors (Lipinski definition) is 4. The molecule has 0 aromatic heterocycles. The maximum atomic E-state index is 10.8. The van der Waals surface area contributed by atoms with E-state index in [-0.39, 0.29) is 5.69 Å². The van der Waals surface area contributed by atoms with E-state index < -0.39 is 4.92 Å². The Bertz CT molecular complexity index is 1210. The highest BCUT2D eigenvalue weighted by atomic mass is 16.6. The van der Waals surface area contributed by atoms with Gasteiger partial charge >= 0.3 is 0 Å². The van der Waals surface area contributed by atoms with Crippen molar-refractivity contribution in [3.63, 3.8) is 0 Å². The van der Waals surface area contributed by atoms with Crippen molar-refractivity contribution in [1.82, 2.24) is 0 Å². The fraction of sp³-hybridized carbons (Fsp3) is 0.0800. The molecule has 30 heavy (non-hydrogen) atoms. The lowest BCUT2D eigenvalue weighted by Crippen LogP contribution is -1.99. The molecule has 0 radical (unpaired) electrons. The molecular formula is C25H20N2O3. The van der Waals surface area contributed by atoms with Crippen molar-refractivity contribution < 1.29 is 9.66 Å². The summed E-state index contributed by atoms with van der Waals surface area (Å²) in [5.41, 5.74) is 3.88. The predicted molar refractivity (Wildman–Crippen MR) is 120 cm³/mol.